The summed E-state index contributed by atoms with van der Waals surface area (Å²) in [7, 11) is -27.5. The number of aliphatic hydroxyl groups is 2. The molecule has 63 heteroatoms. The zero-order chi connectivity index (χ0) is 85.4. The number of nitrogens with zero attached hydrogens (tertiary/aromatic N) is 15. The number of phosphoric acid groups is 5. The molecule has 0 amide bonds. The first kappa shape index (κ1) is 85.7. The van der Waals surface area contributed by atoms with Gasteiger partial charge in [0.1, 0.15) is 122 Å². The van der Waals surface area contributed by atoms with E-state index >= 15 is 0 Å². The molecule has 58 nitrogen and oxygen atoms in total. The molecule has 6 saturated heterocycles. The summed E-state index contributed by atoms with van der Waals surface area (Å²) in [5.41, 5.74) is 28.6. The van der Waals surface area contributed by atoms with E-state index in [9.17, 15) is 86.3 Å². The standard InChI is InChI=1S/C57H73N24O34P5/c58-34-1-4-76(55(87)67-34)38-9-24(112-116(90,91)100-14-29-22(83)7-37(106-29)79-19-64-43-46(79)70-52(61)73-49(43)84)31(108-38)16-103-120(98,99)115-27-12-42(81-21-66-45-48(81)72-54(63)75-51(45)86)110-33(27)18-104-119(96,97)114-26-11-40(78-6-3-36(60)69-57(78)89)109-32(26)17-102-118(94,95)113-25-10-39(77-5-2-35(59)68-56(77)88)107-30(25)15-101-117(92,93)111-23-8-41(105-28(23)13-82)80-20-65-44-47(80)71-53(62)74-50(44)85/h1-6,19-33,37-42,82-83H,7-18H2,(H,90,91)(H,92,93)(H,94,95)(H,96,97)(H,98,99)(H2,58,67,87)(H2,59,68,88)(H2,60,69,89)(H3,61,70,73,84)(H3,62,71,74,85)(H3,63,72,75,86)/t22-,23-,24-,25-,26-,27-,28+,29+,30+,31+,32+,33+,37+,38+,39+,40+,41+,42+/m0/s1. The highest BCUT2D eigenvalue weighted by Gasteiger charge is 2.52. The van der Waals surface area contributed by atoms with Crippen LogP contribution in [0.1, 0.15) is 75.9 Å². The molecule has 6 aliphatic rings. The molecule has 0 bridgehead atoms. The van der Waals surface area contributed by atoms with Gasteiger partial charge in [0.25, 0.3) is 16.7 Å². The lowest BCUT2D eigenvalue weighted by molar-refractivity contribution is -0.0650. The number of nitrogens with one attached hydrogen (secondary N) is 3. The van der Waals surface area contributed by atoms with Crippen LogP contribution in [0.3, 0.4) is 0 Å². The molecular weight excluding hydrogens is 1720 g/mol. The SMILES string of the molecule is Nc1ccn([C@H]2C[C@H](OP(=O)(O)OC[C@H]3O[C@@H](n4cnc5c(=O)[nH]c(N)nc54)C[C@@H]3OP(=O)(O)OC[C@H]3O[C@@H](n4ccc(N)nc4=O)C[C@@H]3OP(=O)(O)OC[C@H]3O[C@@H](n4cnc5c(=O)[nH]c(N)nc54)C[C@@H]3O)[C@@H](COP(=O)(O)O[C@H]3C[C@H](n4ccc(N)nc4=O)O[C@@H]3COP(=O)(O)O[C@H]3C[C@H](n4cnc5c(=O)[nH]c(N)nc54)O[C@@H]3CO)O2)c(=O)n1. The van der Waals surface area contributed by atoms with Crippen LogP contribution in [-0.2, 0) is 96.5 Å². The Kier molecular flexibility index (Phi) is 24.2. The highest BCUT2D eigenvalue weighted by Crippen LogP contribution is 2.56. The molecule has 6 fully saturated rings. The van der Waals surface area contributed by atoms with Crippen LogP contribution in [0.5, 0.6) is 0 Å². The first-order valence-electron chi connectivity index (χ1n) is 35.5. The van der Waals surface area contributed by atoms with E-state index < -0.39 is 255 Å². The Balaban J connectivity index is 0.623. The average molecular weight is 1790 g/mol. The van der Waals surface area contributed by atoms with Crippen LogP contribution < -0.4 is 68.1 Å². The number of nitrogens with two attached hydrogens (primary N) is 6. The van der Waals surface area contributed by atoms with Gasteiger partial charge in [-0.05, 0) is 18.2 Å². The second kappa shape index (κ2) is 33.9. The maximum atomic E-state index is 14.4. The first-order valence-corrected chi connectivity index (χ1v) is 43.0. The van der Waals surface area contributed by atoms with Crippen molar-refractivity contribution < 1.29 is 131 Å². The van der Waals surface area contributed by atoms with Crippen LogP contribution in [0.15, 0.2) is 84.5 Å². The molecule has 23 atom stereocenters. The Bertz CT molecular complexity index is 6010. The molecule has 0 saturated carbocycles. The summed E-state index contributed by atoms with van der Waals surface area (Å²) in [6.07, 6.45) is -23.1. The van der Waals surface area contributed by atoms with Crippen LogP contribution in [0, 0.1) is 0 Å². The van der Waals surface area contributed by atoms with Crippen molar-refractivity contribution in [3.8, 4) is 0 Å². The molecule has 0 aliphatic carbocycles. The Labute approximate surface area is 665 Å². The zero-order valence-electron chi connectivity index (χ0n) is 61.1. The van der Waals surface area contributed by atoms with Gasteiger partial charge in [-0.2, -0.15) is 29.9 Å². The third-order valence-electron chi connectivity index (χ3n) is 19.4. The van der Waals surface area contributed by atoms with E-state index in [1.807, 2.05) is 0 Å². The summed E-state index contributed by atoms with van der Waals surface area (Å²) in [6.45, 7) is -5.97. The molecule has 15 rings (SSSR count). The minimum Gasteiger partial charge on any atom is -0.394 e. The molecule has 0 radical (unpaired) electrons. The fraction of sp³-hybridized carbons (Fsp3) is 0.526. The second-order valence-electron chi connectivity index (χ2n) is 27.4. The van der Waals surface area contributed by atoms with E-state index in [1.54, 1.807) is 0 Å². The van der Waals surface area contributed by atoms with Gasteiger partial charge >= 0.3 is 56.2 Å². The first-order chi connectivity index (χ1) is 56.8. The average Bonchev–Trinajstić information content (AvgIpc) is 1.60. The van der Waals surface area contributed by atoms with Gasteiger partial charge in [0.05, 0.1) is 64.7 Å². The highest BCUT2D eigenvalue weighted by molar-refractivity contribution is 7.48. The van der Waals surface area contributed by atoms with Gasteiger partial charge in [0, 0.05) is 57.1 Å². The van der Waals surface area contributed by atoms with Gasteiger partial charge in [-0.25, -0.2) is 52.2 Å². The number of hydrogen-bond donors (Lipinski definition) is 16. The molecular formula is C57H73N24O34P5. The number of rotatable bonds is 32. The van der Waals surface area contributed by atoms with Crippen LogP contribution >= 0.6 is 39.1 Å². The van der Waals surface area contributed by atoms with Crippen molar-refractivity contribution >= 4 is 108 Å². The molecule has 6 aliphatic heterocycles. The second-order valence-corrected chi connectivity index (χ2v) is 34.5. The number of aromatic nitrogens is 18. The zero-order valence-corrected chi connectivity index (χ0v) is 65.6. The van der Waals surface area contributed by atoms with Gasteiger partial charge in [0.2, 0.25) is 17.8 Å². The number of hydrogen-bond acceptors (Lipinski definition) is 44. The van der Waals surface area contributed by atoms with Crippen molar-refractivity contribution in [1.29, 1.82) is 0 Å². The normalized spacial score (nSPS) is 29.7. The molecule has 0 spiro atoms. The minimum atomic E-state index is -5.65. The van der Waals surface area contributed by atoms with Crippen molar-refractivity contribution in [2.75, 3.05) is 74.0 Å². The summed E-state index contributed by atoms with van der Waals surface area (Å²) < 4.78 is 168. The van der Waals surface area contributed by atoms with Crippen molar-refractivity contribution in [3.05, 3.63) is 118 Å². The number of aliphatic hydroxyl groups excluding tert-OH is 2. The summed E-state index contributed by atoms with van der Waals surface area (Å²) in [5.74, 6) is -1.60. The lowest BCUT2D eigenvalue weighted by atomic mass is 10.2. The number of anilines is 6. The number of nitrogen functional groups attached to an aromatic ring is 6. The van der Waals surface area contributed by atoms with Gasteiger partial charge in [0.15, 0.2) is 33.5 Å². The fourth-order valence-electron chi connectivity index (χ4n) is 14.0. The van der Waals surface area contributed by atoms with Gasteiger partial charge in [-0.3, -0.25) is 102 Å². The number of imidazole rings is 3. The predicted octanol–water partition coefficient (Wildman–Crippen LogP) is -3.76. The monoisotopic (exact) mass is 1790 g/mol. The Hall–Kier alpha value is -9.28. The number of H-pyrrole nitrogens is 3. The van der Waals surface area contributed by atoms with E-state index in [1.165, 1.54) is 40.0 Å². The summed E-state index contributed by atoms with van der Waals surface area (Å²) in [5, 5.41) is 21.2. The summed E-state index contributed by atoms with van der Waals surface area (Å²) >= 11 is 0. The Morgan fingerprint density at radius 1 is 0.367 bits per heavy atom. The lowest BCUT2D eigenvalue weighted by Crippen LogP contribution is -2.32. The highest BCUT2D eigenvalue weighted by atomic mass is 31.2. The third-order valence-corrected chi connectivity index (χ3v) is 24.5. The van der Waals surface area contributed by atoms with Crippen molar-refractivity contribution in [3.63, 3.8) is 0 Å². The third kappa shape index (κ3) is 19.0. The van der Waals surface area contributed by atoms with Crippen LogP contribution in [0.4, 0.5) is 35.3 Å². The van der Waals surface area contributed by atoms with Crippen LogP contribution in [-0.4, -0.2) is 235 Å². The fourth-order valence-corrected chi connectivity index (χ4v) is 18.8. The van der Waals surface area contributed by atoms with Crippen LogP contribution in [0.25, 0.3) is 33.5 Å². The molecule has 120 heavy (non-hydrogen) atoms. The molecule has 0 aromatic carbocycles. The van der Waals surface area contributed by atoms with Crippen molar-refractivity contribution in [2.24, 2.45) is 0 Å². The largest absolute Gasteiger partial charge is 0.472 e. The number of aromatic amines is 3. The number of fused-ring (bicyclic) bond motifs is 3. The van der Waals surface area contributed by atoms with Gasteiger partial charge in [-0.1, -0.05) is 0 Å². The number of ether oxygens (including phenoxy) is 6. The molecule has 5 unspecified atom stereocenters. The van der Waals surface area contributed by atoms with E-state index in [0.717, 1.165) is 43.2 Å². The maximum Gasteiger partial charge on any atom is 0.472 e. The topological polar surface area (TPSA) is 826 Å². The Morgan fingerprint density at radius 2 is 0.608 bits per heavy atom. The summed E-state index contributed by atoms with van der Waals surface area (Å²) in [6, 6.07) is 3.58. The van der Waals surface area contributed by atoms with E-state index in [-0.39, 0.29) is 75.7 Å². The molecule has 22 N–H and O–H groups in total. The number of phosphoric ester groups is 5. The van der Waals surface area contributed by atoms with Crippen LogP contribution in [0.2, 0.25) is 0 Å². The van der Waals surface area contributed by atoms with E-state index in [4.69, 9.17) is 108 Å². The van der Waals surface area contributed by atoms with Gasteiger partial charge < -0.3 is 97.5 Å². The molecule has 9 aromatic heterocycles. The molecule has 9 aromatic rings. The molecule has 15 heterocycles. The summed E-state index contributed by atoms with van der Waals surface area (Å²) in [4.78, 5) is 177. The Morgan fingerprint density at radius 3 is 0.883 bits per heavy atom. The minimum absolute atomic E-state index is 0.00814. The lowest BCUT2D eigenvalue weighted by Gasteiger charge is -2.26. The van der Waals surface area contributed by atoms with Gasteiger partial charge in [-0.15, -0.1) is 0 Å². The maximum absolute atomic E-state index is 14.4. The van der Waals surface area contributed by atoms with E-state index in [2.05, 4.69) is 59.8 Å². The smallest absolute Gasteiger partial charge is 0.394 e. The van der Waals surface area contributed by atoms with Crippen molar-refractivity contribution in [2.45, 2.75) is 149 Å². The predicted molar refractivity (Wildman–Crippen MR) is 394 cm³/mol. The van der Waals surface area contributed by atoms with Crippen molar-refractivity contribution in [1.82, 2.24) is 87.2 Å². The van der Waals surface area contributed by atoms with E-state index in [0.29, 0.717) is 0 Å². The molecule has 650 valence electrons. The quantitative estimate of drug-likeness (QED) is 0.0180.